The van der Waals surface area contributed by atoms with E-state index in [0.29, 0.717) is 17.4 Å². The van der Waals surface area contributed by atoms with Gasteiger partial charge in [-0.3, -0.25) is 0 Å². The van der Waals surface area contributed by atoms with Crippen molar-refractivity contribution >= 4 is 23.1 Å². The second-order valence-corrected chi connectivity index (χ2v) is 6.73. The van der Waals surface area contributed by atoms with Gasteiger partial charge < -0.3 is 19.3 Å². The normalized spacial score (nSPS) is 31.6. The van der Waals surface area contributed by atoms with Gasteiger partial charge in [0, 0.05) is 32.2 Å². The van der Waals surface area contributed by atoms with Gasteiger partial charge in [0.15, 0.2) is 11.0 Å². The summed E-state index contributed by atoms with van der Waals surface area (Å²) in [5.41, 5.74) is 0.959. The van der Waals surface area contributed by atoms with E-state index >= 15 is 0 Å². The van der Waals surface area contributed by atoms with Crippen LogP contribution in [0.5, 0.6) is 0 Å². The molecule has 2 bridgehead atoms. The minimum atomic E-state index is 0.209. The fourth-order valence-electron chi connectivity index (χ4n) is 3.57. The predicted molar refractivity (Wildman–Crippen MR) is 84.8 cm³/mol. The zero-order valence-electron chi connectivity index (χ0n) is 12.7. The Morgan fingerprint density at radius 1 is 1.14 bits per heavy atom. The summed E-state index contributed by atoms with van der Waals surface area (Å²) in [4.78, 5) is 4.52. The summed E-state index contributed by atoms with van der Waals surface area (Å²) < 4.78 is 11.5. The number of nitrogens with zero attached hydrogens (tertiary/aromatic N) is 4. The van der Waals surface area contributed by atoms with Crippen molar-refractivity contribution in [1.29, 1.82) is 0 Å². The Hall–Kier alpha value is -1.11. The highest BCUT2D eigenvalue weighted by Gasteiger charge is 2.34. The summed E-state index contributed by atoms with van der Waals surface area (Å²) in [6, 6.07) is 2.07. The van der Waals surface area contributed by atoms with E-state index in [0.717, 1.165) is 57.1 Å². The van der Waals surface area contributed by atoms with Crippen LogP contribution >= 0.6 is 11.6 Å². The number of hydrogen-bond donors (Lipinski definition) is 0. The molecule has 3 aliphatic rings. The molecule has 0 aliphatic carbocycles. The number of anilines is 2. The lowest BCUT2D eigenvalue weighted by atomic mass is 10.2. The number of morpholine rings is 2. The third kappa shape index (κ3) is 2.75. The van der Waals surface area contributed by atoms with Crippen LogP contribution in [-0.4, -0.2) is 61.3 Å². The van der Waals surface area contributed by atoms with Crippen LogP contribution in [0.4, 0.5) is 11.5 Å². The van der Waals surface area contributed by atoms with E-state index in [9.17, 15) is 0 Å². The molecule has 3 saturated heterocycles. The fraction of sp³-hybridized carbons (Fsp3) is 0.733. The van der Waals surface area contributed by atoms with Gasteiger partial charge in [-0.25, -0.2) is 0 Å². The molecule has 3 fully saturated rings. The van der Waals surface area contributed by atoms with E-state index in [1.54, 1.807) is 0 Å². The molecule has 22 heavy (non-hydrogen) atoms. The Morgan fingerprint density at radius 2 is 1.91 bits per heavy atom. The van der Waals surface area contributed by atoms with Crippen LogP contribution in [0.3, 0.4) is 0 Å². The molecule has 120 valence electrons. The molecule has 0 radical (unpaired) electrons. The summed E-state index contributed by atoms with van der Waals surface area (Å²) in [6.45, 7) is 6.26. The van der Waals surface area contributed by atoms with Crippen LogP contribution < -0.4 is 9.80 Å². The van der Waals surface area contributed by atoms with E-state index in [2.05, 4.69) is 33.0 Å². The van der Waals surface area contributed by atoms with Crippen LogP contribution in [0.25, 0.3) is 0 Å². The highest BCUT2D eigenvalue weighted by atomic mass is 35.5. The van der Waals surface area contributed by atoms with Gasteiger partial charge in [0.1, 0.15) is 0 Å². The van der Waals surface area contributed by atoms with Gasteiger partial charge in [-0.1, -0.05) is 11.6 Å². The van der Waals surface area contributed by atoms with E-state index in [1.165, 1.54) is 0 Å². The number of halogens is 1. The van der Waals surface area contributed by atoms with Crippen molar-refractivity contribution in [3.05, 3.63) is 11.2 Å². The third-order valence-corrected chi connectivity index (χ3v) is 4.94. The van der Waals surface area contributed by atoms with Crippen LogP contribution in [0.1, 0.15) is 19.8 Å². The Labute approximate surface area is 135 Å². The molecule has 1 aromatic heterocycles. The van der Waals surface area contributed by atoms with E-state index in [1.807, 2.05) is 0 Å². The van der Waals surface area contributed by atoms with Crippen molar-refractivity contribution in [3.8, 4) is 0 Å². The zero-order chi connectivity index (χ0) is 15.1. The fourth-order valence-corrected chi connectivity index (χ4v) is 3.78. The molecule has 4 rings (SSSR count). The lowest BCUT2D eigenvalue weighted by molar-refractivity contribution is 0.0302. The van der Waals surface area contributed by atoms with Gasteiger partial charge in [0.25, 0.3) is 0 Å². The number of ether oxygens (including phenoxy) is 2. The first-order valence-corrected chi connectivity index (χ1v) is 8.37. The van der Waals surface area contributed by atoms with Gasteiger partial charge >= 0.3 is 0 Å². The molecule has 3 aliphatic heterocycles. The lowest BCUT2D eigenvalue weighted by Crippen LogP contribution is -2.44. The zero-order valence-corrected chi connectivity index (χ0v) is 13.5. The second-order valence-electron chi connectivity index (χ2n) is 6.37. The third-order valence-electron chi connectivity index (χ3n) is 4.67. The summed E-state index contributed by atoms with van der Waals surface area (Å²) in [5.74, 6) is 0.902. The summed E-state index contributed by atoms with van der Waals surface area (Å²) in [7, 11) is 0. The first-order valence-electron chi connectivity index (χ1n) is 7.99. The number of hydrogen-bond acceptors (Lipinski definition) is 6. The molecule has 4 heterocycles. The Bertz CT molecular complexity index is 546. The number of aromatic nitrogens is 2. The molecule has 3 unspecified atom stereocenters. The van der Waals surface area contributed by atoms with Gasteiger partial charge in [-0.2, -0.15) is 0 Å². The van der Waals surface area contributed by atoms with Crippen molar-refractivity contribution in [1.82, 2.24) is 10.2 Å². The van der Waals surface area contributed by atoms with E-state index in [4.69, 9.17) is 21.1 Å². The van der Waals surface area contributed by atoms with Crippen LogP contribution in [0, 0.1) is 0 Å². The van der Waals surface area contributed by atoms with Gasteiger partial charge in [0.05, 0.1) is 30.6 Å². The van der Waals surface area contributed by atoms with Gasteiger partial charge in [-0.05, 0) is 19.8 Å². The molecule has 0 N–H and O–H groups in total. The Morgan fingerprint density at radius 3 is 2.64 bits per heavy atom. The van der Waals surface area contributed by atoms with Crippen LogP contribution in [0.2, 0.25) is 5.15 Å². The Kier molecular flexibility index (Phi) is 3.84. The predicted octanol–water partition coefficient (Wildman–Crippen LogP) is 1.72. The maximum atomic E-state index is 6.29. The lowest BCUT2D eigenvalue weighted by Gasteiger charge is -2.35. The molecule has 0 aromatic carbocycles. The number of rotatable bonds is 2. The quantitative estimate of drug-likeness (QED) is 0.825. The molecule has 7 heteroatoms. The highest BCUT2D eigenvalue weighted by molar-refractivity contribution is 6.32. The highest BCUT2D eigenvalue weighted by Crippen LogP contribution is 2.32. The summed E-state index contributed by atoms with van der Waals surface area (Å²) >= 11 is 6.29. The molecule has 0 amide bonds. The molecular weight excluding hydrogens is 304 g/mol. The van der Waals surface area contributed by atoms with Gasteiger partial charge in [-0.15, -0.1) is 10.2 Å². The minimum Gasteiger partial charge on any atom is -0.375 e. The molecule has 6 nitrogen and oxygen atoms in total. The summed E-state index contributed by atoms with van der Waals surface area (Å²) in [5, 5.41) is 8.95. The largest absolute Gasteiger partial charge is 0.375 e. The molecule has 1 aromatic rings. The topological polar surface area (TPSA) is 50.7 Å². The second kappa shape index (κ2) is 5.83. The summed E-state index contributed by atoms with van der Waals surface area (Å²) in [6.07, 6.45) is 3.18. The van der Waals surface area contributed by atoms with Crippen LogP contribution in [0.15, 0.2) is 6.07 Å². The van der Waals surface area contributed by atoms with Crippen molar-refractivity contribution in [3.63, 3.8) is 0 Å². The molecular formula is C15H21ClN4O2. The first-order chi connectivity index (χ1) is 10.7. The van der Waals surface area contributed by atoms with Crippen molar-refractivity contribution in [2.45, 2.75) is 38.1 Å². The minimum absolute atomic E-state index is 0.209. The van der Waals surface area contributed by atoms with Crippen molar-refractivity contribution < 1.29 is 9.47 Å². The average Bonchev–Trinajstić information content (AvgIpc) is 2.86. The number of fused-ring (bicyclic) bond motifs is 2. The maximum Gasteiger partial charge on any atom is 0.175 e. The molecule has 0 saturated carbocycles. The smallest absolute Gasteiger partial charge is 0.175 e. The van der Waals surface area contributed by atoms with E-state index in [-0.39, 0.29) is 6.10 Å². The Balaban J connectivity index is 1.57. The monoisotopic (exact) mass is 324 g/mol. The maximum absolute atomic E-state index is 6.29. The van der Waals surface area contributed by atoms with Crippen molar-refractivity contribution in [2.75, 3.05) is 42.6 Å². The SMILES string of the molecule is CC1CN(c2cc(N3CC4CCC(C3)O4)nnc2Cl)CCO1. The van der Waals surface area contributed by atoms with Crippen LogP contribution in [-0.2, 0) is 9.47 Å². The van der Waals surface area contributed by atoms with E-state index < -0.39 is 0 Å². The first kappa shape index (κ1) is 14.5. The van der Waals surface area contributed by atoms with Crippen molar-refractivity contribution in [2.24, 2.45) is 0 Å². The standard InChI is InChI=1S/C15H21ClN4O2/c1-10-7-19(4-5-21-10)13-6-14(17-18-15(13)16)20-8-11-2-3-12(9-20)22-11/h6,10-12H,2-5,7-9H2,1H3. The average molecular weight is 325 g/mol. The molecule has 0 spiro atoms. The molecule has 3 atom stereocenters. The van der Waals surface area contributed by atoms with Gasteiger partial charge in [0.2, 0.25) is 0 Å².